The second kappa shape index (κ2) is 4.36. The molecule has 0 aliphatic heterocycles. The minimum Gasteiger partial charge on any atom is -0.461 e. The van der Waals surface area contributed by atoms with Crippen molar-refractivity contribution in [3.63, 3.8) is 0 Å². The topological polar surface area (TPSA) is 77.9 Å². The van der Waals surface area contributed by atoms with Crippen LogP contribution in [-0.2, 0) is 4.74 Å². The van der Waals surface area contributed by atoms with Gasteiger partial charge in [-0.1, -0.05) is 0 Å². The molecule has 82 valence electrons. The van der Waals surface area contributed by atoms with Gasteiger partial charge >= 0.3 is 5.97 Å². The fourth-order valence-electron chi connectivity index (χ4n) is 1.18. The van der Waals surface area contributed by atoms with Gasteiger partial charge in [0.1, 0.15) is 5.52 Å². The minimum atomic E-state index is -0.586. The van der Waals surface area contributed by atoms with Gasteiger partial charge in [0.15, 0.2) is 11.3 Å². The second-order valence-electron chi connectivity index (χ2n) is 2.79. The first-order valence-electron chi connectivity index (χ1n) is 4.53. The van der Waals surface area contributed by atoms with Crippen molar-refractivity contribution in [3.05, 3.63) is 23.4 Å². The first-order valence-corrected chi connectivity index (χ1v) is 4.91. The summed E-state index contributed by atoms with van der Waals surface area (Å²) in [5.74, 6) is -0.586. The molecular weight excluding hydrogens is 232 g/mol. The first kappa shape index (κ1) is 10.7. The summed E-state index contributed by atoms with van der Waals surface area (Å²) in [5.41, 5.74) is 0.584. The molecule has 0 spiro atoms. The van der Waals surface area contributed by atoms with Crippen LogP contribution in [0, 0.1) is 0 Å². The lowest BCUT2D eigenvalue weighted by molar-refractivity contribution is 0.0521. The van der Waals surface area contributed by atoms with Crippen molar-refractivity contribution < 1.29 is 9.53 Å². The molecule has 0 aliphatic rings. The van der Waals surface area contributed by atoms with Crippen LogP contribution in [0.4, 0.5) is 0 Å². The quantitative estimate of drug-likeness (QED) is 0.579. The molecule has 2 aromatic heterocycles. The molecule has 0 saturated heterocycles. The molecule has 2 aromatic rings. The Kier molecular flexibility index (Phi) is 2.91. The predicted octanol–water partition coefficient (Wildman–Crippen LogP) is 1.25. The molecule has 2 rings (SSSR count). The largest absolute Gasteiger partial charge is 0.461 e. The maximum Gasteiger partial charge on any atom is 0.359 e. The minimum absolute atomic E-state index is 0.0324. The summed E-state index contributed by atoms with van der Waals surface area (Å²) in [6.07, 6.45) is 2.91. The van der Waals surface area contributed by atoms with E-state index in [1.807, 2.05) is 0 Å². The van der Waals surface area contributed by atoms with E-state index in [1.165, 1.54) is 12.4 Å². The highest BCUT2D eigenvalue weighted by molar-refractivity contribution is 6.28. The van der Waals surface area contributed by atoms with Crippen molar-refractivity contribution in [2.75, 3.05) is 6.61 Å². The second-order valence-corrected chi connectivity index (χ2v) is 3.13. The van der Waals surface area contributed by atoms with E-state index in [4.69, 9.17) is 16.3 Å². The Morgan fingerprint density at radius 3 is 2.88 bits per heavy atom. The number of halogens is 1. The van der Waals surface area contributed by atoms with Crippen molar-refractivity contribution in [1.29, 1.82) is 0 Å². The average Bonchev–Trinajstić information content (AvgIpc) is 2.28. The fraction of sp³-hybridized carbons (Fsp3) is 0.222. The van der Waals surface area contributed by atoms with Gasteiger partial charge in [-0.25, -0.2) is 19.7 Å². The number of nitrogens with zero attached hydrogens (tertiary/aromatic N) is 4. The van der Waals surface area contributed by atoms with E-state index in [1.54, 1.807) is 6.92 Å². The number of hydrogen-bond donors (Lipinski definition) is 0. The van der Waals surface area contributed by atoms with Crippen molar-refractivity contribution in [1.82, 2.24) is 19.9 Å². The van der Waals surface area contributed by atoms with Gasteiger partial charge in [0, 0.05) is 12.4 Å². The highest BCUT2D eigenvalue weighted by Gasteiger charge is 2.16. The van der Waals surface area contributed by atoms with E-state index in [-0.39, 0.29) is 28.7 Å². The van der Waals surface area contributed by atoms with Gasteiger partial charge in [0.05, 0.1) is 6.61 Å². The van der Waals surface area contributed by atoms with Crippen LogP contribution in [0.5, 0.6) is 0 Å². The maximum atomic E-state index is 11.6. The van der Waals surface area contributed by atoms with E-state index in [9.17, 15) is 4.79 Å². The number of hydrogen-bond acceptors (Lipinski definition) is 6. The molecule has 0 fully saturated rings. The smallest absolute Gasteiger partial charge is 0.359 e. The van der Waals surface area contributed by atoms with E-state index in [0.717, 1.165) is 0 Å². The van der Waals surface area contributed by atoms with Crippen molar-refractivity contribution in [2.24, 2.45) is 0 Å². The summed E-state index contributed by atoms with van der Waals surface area (Å²) in [6, 6.07) is 0. The molecular formula is C9H7ClN4O2. The molecule has 0 radical (unpaired) electrons. The highest BCUT2D eigenvalue weighted by atomic mass is 35.5. The summed E-state index contributed by atoms with van der Waals surface area (Å²) < 4.78 is 4.84. The predicted molar refractivity (Wildman–Crippen MR) is 56.1 cm³/mol. The monoisotopic (exact) mass is 238 g/mol. The lowest BCUT2D eigenvalue weighted by Gasteiger charge is -2.03. The Hall–Kier alpha value is -1.82. The molecule has 6 nitrogen and oxygen atoms in total. The number of aromatic nitrogens is 4. The van der Waals surface area contributed by atoms with Gasteiger partial charge in [0.25, 0.3) is 0 Å². The Bertz CT molecular complexity index is 546. The van der Waals surface area contributed by atoms with Crippen LogP contribution >= 0.6 is 11.6 Å². The molecule has 0 bridgehead atoms. The lowest BCUT2D eigenvalue weighted by Crippen LogP contribution is -2.10. The Morgan fingerprint density at radius 2 is 2.12 bits per heavy atom. The number of rotatable bonds is 2. The van der Waals surface area contributed by atoms with Crippen molar-refractivity contribution in [3.8, 4) is 0 Å². The summed E-state index contributed by atoms with van der Waals surface area (Å²) in [6.45, 7) is 1.96. The normalized spacial score (nSPS) is 10.4. The highest BCUT2D eigenvalue weighted by Crippen LogP contribution is 2.14. The van der Waals surface area contributed by atoms with Crippen LogP contribution in [0.15, 0.2) is 12.4 Å². The molecule has 0 atom stereocenters. The average molecular weight is 239 g/mol. The Labute approximate surface area is 95.7 Å². The zero-order valence-corrected chi connectivity index (χ0v) is 9.10. The lowest BCUT2D eigenvalue weighted by atomic mass is 10.3. The van der Waals surface area contributed by atoms with Crippen molar-refractivity contribution >= 4 is 28.7 Å². The number of fused-ring (bicyclic) bond motifs is 1. The summed E-state index contributed by atoms with van der Waals surface area (Å²) >= 11 is 5.67. The SMILES string of the molecule is CCOC(=O)c1nc(Cl)nc2nccnc12. The Morgan fingerprint density at radius 1 is 1.38 bits per heavy atom. The number of esters is 1. The van der Waals surface area contributed by atoms with E-state index in [2.05, 4.69) is 19.9 Å². The fourth-order valence-corrected chi connectivity index (χ4v) is 1.34. The van der Waals surface area contributed by atoms with Crippen LogP contribution in [0.25, 0.3) is 11.2 Å². The van der Waals surface area contributed by atoms with Gasteiger partial charge in [0.2, 0.25) is 5.28 Å². The van der Waals surface area contributed by atoms with Crippen LogP contribution in [-0.4, -0.2) is 32.5 Å². The first-order chi connectivity index (χ1) is 7.72. The van der Waals surface area contributed by atoms with Crippen LogP contribution in [0.2, 0.25) is 5.28 Å². The number of carbonyl (C=O) groups excluding carboxylic acids is 1. The van der Waals surface area contributed by atoms with Gasteiger partial charge < -0.3 is 4.74 Å². The third kappa shape index (κ3) is 1.92. The summed E-state index contributed by atoms with van der Waals surface area (Å²) in [5, 5.41) is -0.0592. The Balaban J connectivity index is 2.63. The zero-order chi connectivity index (χ0) is 11.5. The standard InChI is InChI=1S/C9H7ClN4O2/c1-2-16-8(15)6-5-7(12-4-3-11-5)14-9(10)13-6/h3-4H,2H2,1H3. The van der Waals surface area contributed by atoms with Gasteiger partial charge in [-0.05, 0) is 18.5 Å². The molecule has 16 heavy (non-hydrogen) atoms. The van der Waals surface area contributed by atoms with Gasteiger partial charge in [-0.3, -0.25) is 0 Å². The molecule has 0 aromatic carbocycles. The molecule has 2 heterocycles. The zero-order valence-electron chi connectivity index (χ0n) is 8.35. The molecule has 0 saturated carbocycles. The van der Waals surface area contributed by atoms with E-state index >= 15 is 0 Å². The molecule has 0 aliphatic carbocycles. The number of ether oxygens (including phenoxy) is 1. The van der Waals surface area contributed by atoms with Gasteiger partial charge in [-0.15, -0.1) is 0 Å². The molecule has 7 heteroatoms. The number of carbonyl (C=O) groups is 1. The molecule has 0 unspecified atom stereocenters. The van der Waals surface area contributed by atoms with Crippen LogP contribution in [0.1, 0.15) is 17.4 Å². The van der Waals surface area contributed by atoms with Crippen LogP contribution < -0.4 is 0 Å². The maximum absolute atomic E-state index is 11.6. The summed E-state index contributed by atoms with van der Waals surface area (Å²) in [7, 11) is 0. The van der Waals surface area contributed by atoms with E-state index < -0.39 is 5.97 Å². The van der Waals surface area contributed by atoms with Crippen LogP contribution in [0.3, 0.4) is 0 Å². The van der Waals surface area contributed by atoms with Gasteiger partial charge in [-0.2, -0.15) is 4.98 Å². The third-order valence-corrected chi connectivity index (χ3v) is 1.94. The third-order valence-electron chi connectivity index (χ3n) is 1.77. The molecule has 0 amide bonds. The molecule has 0 N–H and O–H groups in total. The summed E-state index contributed by atoms with van der Waals surface area (Å²) in [4.78, 5) is 27.1. The van der Waals surface area contributed by atoms with E-state index in [0.29, 0.717) is 0 Å². The van der Waals surface area contributed by atoms with Crippen molar-refractivity contribution in [2.45, 2.75) is 6.92 Å².